The molecule has 0 saturated heterocycles. The van der Waals surface area contributed by atoms with E-state index in [1.54, 1.807) is 63.2 Å². The number of Topliss-reactive ketones (excluding diaryl/α,β-unsaturated/α-hetero) is 1. The van der Waals surface area contributed by atoms with Crippen LogP contribution in [0.5, 0.6) is 5.75 Å². The average Bonchev–Trinajstić information content (AvgIpc) is 3.17. The molecule has 0 aliphatic carbocycles. The molecule has 0 saturated carbocycles. The maximum absolute atomic E-state index is 14.6. The van der Waals surface area contributed by atoms with Crippen LogP contribution in [-0.4, -0.2) is 84.0 Å². The Morgan fingerprint density at radius 1 is 1.02 bits per heavy atom. The van der Waals surface area contributed by atoms with Crippen LogP contribution in [0.25, 0.3) is 10.8 Å². The van der Waals surface area contributed by atoms with Crippen LogP contribution in [0.1, 0.15) is 69.8 Å². The summed E-state index contributed by atoms with van der Waals surface area (Å²) in [4.78, 5) is 82.2. The van der Waals surface area contributed by atoms with Crippen molar-refractivity contribution in [3.8, 4) is 5.75 Å². The fourth-order valence-corrected chi connectivity index (χ4v) is 5.70. The van der Waals surface area contributed by atoms with Crippen molar-refractivity contribution in [2.24, 2.45) is 0 Å². The second-order valence-corrected chi connectivity index (χ2v) is 13.3. The Balaban J connectivity index is 1.79. The molecule has 2 atom stereocenters. The van der Waals surface area contributed by atoms with Gasteiger partial charge in [-0.2, -0.15) is 0 Å². The van der Waals surface area contributed by atoms with Crippen LogP contribution in [-0.2, 0) is 30.5 Å². The van der Waals surface area contributed by atoms with Crippen LogP contribution in [0.4, 0.5) is 16.2 Å². The molecular weight excluding hydrogens is 644 g/mol. The van der Waals surface area contributed by atoms with Gasteiger partial charge in [0.05, 0.1) is 37.1 Å². The summed E-state index contributed by atoms with van der Waals surface area (Å²) in [5.41, 5.74) is 0.698. The minimum absolute atomic E-state index is 0.0314. The second-order valence-electron chi connectivity index (χ2n) is 13.3. The number of methoxy groups -OCH3 is 1. The number of carbonyl (C=O) groups excluding carboxylic acids is 5. The van der Waals surface area contributed by atoms with Crippen molar-refractivity contribution in [1.29, 1.82) is 0 Å². The topological polar surface area (TPSA) is 163 Å². The molecule has 4 amide bonds. The van der Waals surface area contributed by atoms with Crippen LogP contribution in [0.2, 0.25) is 0 Å². The van der Waals surface area contributed by atoms with Gasteiger partial charge in [-0.15, -0.1) is 0 Å². The molecule has 1 unspecified atom stereocenters. The SMILES string of the molecule is COc1ccc2cc(C(=O)O)ccc2c1CN1C(=O)[C@@H](NC(=O)C(C)N(C)C(=O)OC(C)(C)C)CN(C(=O)CCCC(C)=O)c2ccccc21. The van der Waals surface area contributed by atoms with Crippen molar-refractivity contribution < 1.29 is 43.3 Å². The van der Waals surface area contributed by atoms with E-state index in [4.69, 9.17) is 9.47 Å². The number of hydrogen-bond acceptors (Lipinski definition) is 8. The molecule has 0 bridgehead atoms. The Morgan fingerprint density at radius 3 is 2.32 bits per heavy atom. The van der Waals surface area contributed by atoms with Gasteiger partial charge in [0, 0.05) is 25.5 Å². The number of anilines is 2. The number of rotatable bonds is 11. The summed E-state index contributed by atoms with van der Waals surface area (Å²) in [6.45, 7) is 7.80. The van der Waals surface area contributed by atoms with E-state index in [0.29, 0.717) is 39.9 Å². The largest absolute Gasteiger partial charge is 0.496 e. The zero-order chi connectivity index (χ0) is 36.9. The second kappa shape index (κ2) is 15.4. The van der Waals surface area contributed by atoms with E-state index in [0.717, 1.165) is 4.90 Å². The number of nitrogens with zero attached hydrogens (tertiary/aromatic N) is 3. The number of likely N-dealkylation sites (N-methyl/N-ethyl adjacent to an activating group) is 1. The van der Waals surface area contributed by atoms with Crippen LogP contribution in [0.3, 0.4) is 0 Å². The molecule has 50 heavy (non-hydrogen) atoms. The lowest BCUT2D eigenvalue weighted by molar-refractivity contribution is -0.130. The number of para-hydroxylation sites is 2. The third kappa shape index (κ3) is 8.57. The number of hydrogen-bond donors (Lipinski definition) is 2. The summed E-state index contributed by atoms with van der Waals surface area (Å²) < 4.78 is 11.1. The van der Waals surface area contributed by atoms with E-state index in [-0.39, 0.29) is 43.2 Å². The van der Waals surface area contributed by atoms with Gasteiger partial charge in [0.25, 0.3) is 5.91 Å². The first-order valence-corrected chi connectivity index (χ1v) is 16.3. The standard InChI is InChI=1S/C37H44N4O9/c1-22(42)11-10-14-32(43)40-21-28(38-33(44)23(2)39(6)36(48)50-37(3,4)5)34(45)41(30-13-9-8-12-29(30)40)20-27-26-17-15-25(35(46)47)19-24(26)16-18-31(27)49-7/h8-9,12-13,15-19,23,28H,10-11,14,20-21H2,1-7H3,(H,38,44)(H,46,47)/t23?,28-/m0/s1. The molecule has 0 radical (unpaired) electrons. The maximum Gasteiger partial charge on any atom is 0.410 e. The van der Waals surface area contributed by atoms with Gasteiger partial charge >= 0.3 is 12.1 Å². The van der Waals surface area contributed by atoms with E-state index in [9.17, 15) is 33.9 Å². The third-order valence-corrected chi connectivity index (χ3v) is 8.44. The van der Waals surface area contributed by atoms with E-state index >= 15 is 0 Å². The van der Waals surface area contributed by atoms with Gasteiger partial charge in [-0.05, 0) is 82.1 Å². The van der Waals surface area contributed by atoms with Gasteiger partial charge in [0.2, 0.25) is 11.8 Å². The highest BCUT2D eigenvalue weighted by atomic mass is 16.6. The Kier molecular flexibility index (Phi) is 11.5. The molecule has 2 N–H and O–H groups in total. The molecule has 1 aliphatic rings. The van der Waals surface area contributed by atoms with Gasteiger partial charge < -0.3 is 34.5 Å². The van der Waals surface area contributed by atoms with Crippen LogP contribution >= 0.6 is 0 Å². The lowest BCUT2D eigenvalue weighted by Crippen LogP contribution is -2.57. The van der Waals surface area contributed by atoms with Crippen molar-refractivity contribution in [2.45, 2.75) is 78.1 Å². The number of aromatic carboxylic acids is 1. The average molecular weight is 689 g/mol. The molecule has 0 fully saturated rings. The van der Waals surface area contributed by atoms with E-state index in [2.05, 4.69) is 5.32 Å². The van der Waals surface area contributed by atoms with Gasteiger partial charge in [-0.1, -0.05) is 24.3 Å². The zero-order valence-corrected chi connectivity index (χ0v) is 29.4. The smallest absolute Gasteiger partial charge is 0.410 e. The van der Waals surface area contributed by atoms with Crippen LogP contribution < -0.4 is 19.9 Å². The molecule has 3 aromatic rings. The Bertz CT molecular complexity index is 1820. The zero-order valence-electron chi connectivity index (χ0n) is 29.4. The summed E-state index contributed by atoms with van der Waals surface area (Å²) in [5, 5.41) is 13.6. The number of carboxylic acids is 1. The number of amides is 4. The summed E-state index contributed by atoms with van der Waals surface area (Å²) >= 11 is 0. The Hall–Kier alpha value is -5.46. The van der Waals surface area contributed by atoms with Gasteiger partial charge in [0.1, 0.15) is 29.2 Å². The predicted octanol–water partition coefficient (Wildman–Crippen LogP) is 4.93. The van der Waals surface area contributed by atoms with Gasteiger partial charge in [-0.25, -0.2) is 9.59 Å². The first-order valence-electron chi connectivity index (χ1n) is 16.3. The summed E-state index contributed by atoms with van der Waals surface area (Å²) in [6, 6.07) is 12.7. The third-order valence-electron chi connectivity index (χ3n) is 8.44. The highest BCUT2D eigenvalue weighted by Gasteiger charge is 2.39. The van der Waals surface area contributed by atoms with Gasteiger partial charge in [0.15, 0.2) is 0 Å². The first kappa shape index (κ1) is 37.4. The molecule has 266 valence electrons. The normalized spacial score (nSPS) is 15.1. The number of nitrogens with one attached hydrogen (secondary N) is 1. The fourth-order valence-electron chi connectivity index (χ4n) is 5.70. The van der Waals surface area contributed by atoms with Crippen molar-refractivity contribution >= 4 is 57.7 Å². The van der Waals surface area contributed by atoms with E-state index < -0.39 is 41.6 Å². The number of carboxylic acid groups (broad SMARTS) is 1. The number of carbonyl (C=O) groups is 6. The van der Waals surface area contributed by atoms with E-state index in [1.807, 2.05) is 0 Å². The Labute approximate surface area is 291 Å². The van der Waals surface area contributed by atoms with Crippen molar-refractivity contribution in [2.75, 3.05) is 30.5 Å². The van der Waals surface area contributed by atoms with Crippen molar-refractivity contribution in [3.63, 3.8) is 0 Å². The maximum atomic E-state index is 14.6. The van der Waals surface area contributed by atoms with Crippen molar-refractivity contribution in [1.82, 2.24) is 10.2 Å². The molecule has 0 aromatic heterocycles. The number of ether oxygens (including phenoxy) is 2. The highest BCUT2D eigenvalue weighted by molar-refractivity contribution is 6.09. The van der Waals surface area contributed by atoms with Gasteiger partial charge in [-0.3, -0.25) is 19.3 Å². The molecular formula is C37H44N4O9. The minimum atomic E-state index is -1.25. The molecule has 13 nitrogen and oxygen atoms in total. The van der Waals surface area contributed by atoms with Crippen molar-refractivity contribution in [3.05, 3.63) is 65.7 Å². The number of fused-ring (bicyclic) bond motifs is 2. The Morgan fingerprint density at radius 2 is 1.70 bits per heavy atom. The summed E-state index contributed by atoms with van der Waals surface area (Å²) in [6.07, 6.45) is -0.169. The summed E-state index contributed by atoms with van der Waals surface area (Å²) in [7, 11) is 2.91. The van der Waals surface area contributed by atoms with Crippen LogP contribution in [0, 0.1) is 0 Å². The first-order chi connectivity index (χ1) is 23.5. The minimum Gasteiger partial charge on any atom is -0.496 e. The predicted molar refractivity (Wildman–Crippen MR) is 187 cm³/mol. The molecule has 13 heteroatoms. The lowest BCUT2D eigenvalue weighted by Gasteiger charge is -2.30. The molecule has 0 spiro atoms. The number of benzene rings is 3. The molecule has 1 aliphatic heterocycles. The van der Waals surface area contributed by atoms with E-state index in [1.165, 1.54) is 49.9 Å². The molecule has 4 rings (SSSR count). The molecule has 3 aromatic carbocycles. The molecule has 1 heterocycles. The monoisotopic (exact) mass is 688 g/mol. The highest BCUT2D eigenvalue weighted by Crippen LogP contribution is 2.37. The number of ketones is 1. The summed E-state index contributed by atoms with van der Waals surface area (Å²) in [5.74, 6) is -2.20. The lowest BCUT2D eigenvalue weighted by atomic mass is 10.00. The van der Waals surface area contributed by atoms with Crippen LogP contribution in [0.15, 0.2) is 54.6 Å². The quantitative estimate of drug-likeness (QED) is 0.285. The fraction of sp³-hybridized carbons (Fsp3) is 0.405.